The number of halogens is 1. The fourth-order valence-electron chi connectivity index (χ4n) is 4.09. The summed E-state index contributed by atoms with van der Waals surface area (Å²) >= 11 is 0. The largest absolute Gasteiger partial charge is 0.504 e. The van der Waals surface area contributed by atoms with Crippen molar-refractivity contribution in [1.29, 1.82) is 0 Å². The Morgan fingerprint density at radius 1 is 1.32 bits per heavy atom. The molecule has 3 rings (SSSR count). The van der Waals surface area contributed by atoms with Crippen molar-refractivity contribution in [2.24, 2.45) is 10.4 Å². The van der Waals surface area contributed by atoms with Gasteiger partial charge in [-0.25, -0.2) is 4.99 Å². The molecular formula is C19H30IN3O2. The normalized spacial score (nSPS) is 19.1. The molecule has 140 valence electrons. The summed E-state index contributed by atoms with van der Waals surface area (Å²) in [5.74, 6) is 1.65. The molecule has 1 aromatic carbocycles. The van der Waals surface area contributed by atoms with E-state index in [4.69, 9.17) is 9.73 Å². The molecule has 1 saturated heterocycles. The van der Waals surface area contributed by atoms with Crippen LogP contribution in [0.4, 0.5) is 0 Å². The van der Waals surface area contributed by atoms with Crippen LogP contribution in [0, 0.1) is 5.41 Å². The van der Waals surface area contributed by atoms with Gasteiger partial charge >= 0.3 is 0 Å². The zero-order valence-electron chi connectivity index (χ0n) is 15.3. The monoisotopic (exact) mass is 459 g/mol. The molecule has 0 aromatic heterocycles. The summed E-state index contributed by atoms with van der Waals surface area (Å²) in [5.41, 5.74) is 1.31. The van der Waals surface area contributed by atoms with Gasteiger partial charge in [0.15, 0.2) is 17.5 Å². The quantitative estimate of drug-likeness (QED) is 0.409. The number of ether oxygens (including phenoxy) is 1. The predicted molar refractivity (Wildman–Crippen MR) is 112 cm³/mol. The predicted octanol–water partition coefficient (Wildman–Crippen LogP) is 3.75. The number of phenols is 1. The molecule has 1 spiro atoms. The van der Waals surface area contributed by atoms with Gasteiger partial charge in [0.25, 0.3) is 0 Å². The molecule has 2 N–H and O–H groups in total. The van der Waals surface area contributed by atoms with Crippen molar-refractivity contribution in [2.45, 2.75) is 45.6 Å². The lowest BCUT2D eigenvalue weighted by molar-refractivity contribution is 0.309. The number of likely N-dealkylation sites (tertiary alicyclic amines) is 1. The van der Waals surface area contributed by atoms with E-state index in [1.165, 1.54) is 32.1 Å². The summed E-state index contributed by atoms with van der Waals surface area (Å²) in [6, 6.07) is 5.55. The topological polar surface area (TPSA) is 57.1 Å². The first kappa shape index (κ1) is 20.1. The van der Waals surface area contributed by atoms with Crippen molar-refractivity contribution in [3.63, 3.8) is 0 Å². The molecule has 1 aliphatic heterocycles. The van der Waals surface area contributed by atoms with Crippen molar-refractivity contribution < 1.29 is 9.84 Å². The molecule has 0 radical (unpaired) electrons. The highest BCUT2D eigenvalue weighted by Crippen LogP contribution is 2.45. The smallest absolute Gasteiger partial charge is 0.194 e. The molecule has 1 heterocycles. The summed E-state index contributed by atoms with van der Waals surface area (Å²) in [6.45, 7) is 5.60. The molecule has 0 unspecified atom stereocenters. The third-order valence-electron chi connectivity index (χ3n) is 5.44. The van der Waals surface area contributed by atoms with Gasteiger partial charge in [-0.1, -0.05) is 25.0 Å². The van der Waals surface area contributed by atoms with Crippen LogP contribution in [0.2, 0.25) is 0 Å². The fourth-order valence-corrected chi connectivity index (χ4v) is 4.09. The average Bonchev–Trinajstić information content (AvgIpc) is 3.23. The van der Waals surface area contributed by atoms with Gasteiger partial charge in [0.2, 0.25) is 0 Å². The number of rotatable bonds is 4. The van der Waals surface area contributed by atoms with Crippen LogP contribution in [0.3, 0.4) is 0 Å². The standard InChI is InChI=1S/C19H29N3O2.HI/c1-3-20-18(22-12-11-19(14-22)9-4-5-10-19)21-13-15-7-6-8-16(24-2)17(15)23;/h6-8,23H,3-5,9-14H2,1-2H3,(H,20,21);1H. The minimum absolute atomic E-state index is 0. The van der Waals surface area contributed by atoms with E-state index in [1.54, 1.807) is 13.2 Å². The highest BCUT2D eigenvalue weighted by atomic mass is 127. The Hall–Kier alpha value is -1.18. The number of nitrogens with zero attached hydrogens (tertiary/aromatic N) is 2. The lowest BCUT2D eigenvalue weighted by Gasteiger charge is -2.26. The summed E-state index contributed by atoms with van der Waals surface area (Å²) in [5, 5.41) is 13.6. The average molecular weight is 459 g/mol. The van der Waals surface area contributed by atoms with Crippen LogP contribution in [0.25, 0.3) is 0 Å². The number of aromatic hydroxyl groups is 1. The van der Waals surface area contributed by atoms with Crippen molar-refractivity contribution in [3.05, 3.63) is 23.8 Å². The molecular weight excluding hydrogens is 429 g/mol. The Morgan fingerprint density at radius 2 is 2.08 bits per heavy atom. The molecule has 0 bridgehead atoms. The van der Waals surface area contributed by atoms with Gasteiger partial charge in [-0.05, 0) is 37.7 Å². The SMILES string of the molecule is CCNC(=NCc1cccc(OC)c1O)N1CCC2(CCCC2)C1.I. The third-order valence-corrected chi connectivity index (χ3v) is 5.44. The van der Waals surface area contributed by atoms with Crippen LogP contribution in [0.5, 0.6) is 11.5 Å². The fraction of sp³-hybridized carbons (Fsp3) is 0.632. The molecule has 1 aromatic rings. The summed E-state index contributed by atoms with van der Waals surface area (Å²) in [6.07, 6.45) is 6.75. The second kappa shape index (κ2) is 8.96. The van der Waals surface area contributed by atoms with Crippen molar-refractivity contribution in [3.8, 4) is 11.5 Å². The van der Waals surface area contributed by atoms with Crippen molar-refractivity contribution in [1.82, 2.24) is 10.2 Å². The Balaban J connectivity index is 0.00000225. The lowest BCUT2D eigenvalue weighted by atomic mass is 9.86. The van der Waals surface area contributed by atoms with Gasteiger partial charge in [0.1, 0.15) is 0 Å². The van der Waals surface area contributed by atoms with E-state index in [9.17, 15) is 5.11 Å². The molecule has 2 aliphatic rings. The first-order valence-corrected chi connectivity index (χ1v) is 9.05. The molecule has 1 aliphatic carbocycles. The molecule has 25 heavy (non-hydrogen) atoms. The highest BCUT2D eigenvalue weighted by molar-refractivity contribution is 14.0. The van der Waals surface area contributed by atoms with Crippen LogP contribution >= 0.6 is 24.0 Å². The third kappa shape index (κ3) is 4.51. The number of guanidine groups is 1. The molecule has 1 saturated carbocycles. The Bertz CT molecular complexity index is 600. The zero-order chi connectivity index (χ0) is 17.0. The van der Waals surface area contributed by atoms with Gasteiger partial charge < -0.3 is 20.1 Å². The number of aliphatic imine (C=N–C) groups is 1. The van der Waals surface area contributed by atoms with E-state index in [2.05, 4.69) is 17.1 Å². The molecule has 6 heteroatoms. The minimum atomic E-state index is 0. The van der Waals surface area contributed by atoms with Gasteiger partial charge in [0.05, 0.1) is 13.7 Å². The lowest BCUT2D eigenvalue weighted by Crippen LogP contribution is -2.41. The van der Waals surface area contributed by atoms with Crippen LogP contribution in [-0.4, -0.2) is 42.7 Å². The summed E-state index contributed by atoms with van der Waals surface area (Å²) in [4.78, 5) is 7.17. The van der Waals surface area contributed by atoms with Crippen LogP contribution in [-0.2, 0) is 6.54 Å². The second-order valence-corrected chi connectivity index (χ2v) is 7.02. The number of para-hydroxylation sites is 1. The van der Waals surface area contributed by atoms with E-state index in [0.29, 0.717) is 17.7 Å². The Kier molecular flexibility index (Phi) is 7.22. The number of nitrogens with one attached hydrogen (secondary N) is 1. The number of benzene rings is 1. The number of hydrogen-bond acceptors (Lipinski definition) is 3. The van der Waals surface area contributed by atoms with Crippen molar-refractivity contribution in [2.75, 3.05) is 26.7 Å². The van der Waals surface area contributed by atoms with E-state index < -0.39 is 0 Å². The van der Waals surface area contributed by atoms with Crippen LogP contribution in [0.1, 0.15) is 44.6 Å². The van der Waals surface area contributed by atoms with Gasteiger partial charge in [-0.15, -0.1) is 24.0 Å². The van der Waals surface area contributed by atoms with Gasteiger partial charge in [0, 0.05) is 25.2 Å². The van der Waals surface area contributed by atoms with E-state index >= 15 is 0 Å². The molecule has 2 fully saturated rings. The van der Waals surface area contributed by atoms with Gasteiger partial charge in [-0.3, -0.25) is 0 Å². The molecule has 5 nitrogen and oxygen atoms in total. The molecule has 0 amide bonds. The summed E-state index contributed by atoms with van der Waals surface area (Å²) in [7, 11) is 1.57. The van der Waals surface area contributed by atoms with Crippen LogP contribution in [0.15, 0.2) is 23.2 Å². The summed E-state index contributed by atoms with van der Waals surface area (Å²) < 4.78 is 5.18. The number of hydrogen-bond donors (Lipinski definition) is 2. The first-order valence-electron chi connectivity index (χ1n) is 9.05. The van der Waals surface area contributed by atoms with Crippen LogP contribution < -0.4 is 10.1 Å². The maximum Gasteiger partial charge on any atom is 0.194 e. The first-order chi connectivity index (χ1) is 11.7. The van der Waals surface area contributed by atoms with E-state index in [1.807, 2.05) is 12.1 Å². The van der Waals surface area contributed by atoms with Gasteiger partial charge in [-0.2, -0.15) is 0 Å². The Morgan fingerprint density at radius 3 is 2.76 bits per heavy atom. The maximum absolute atomic E-state index is 10.2. The number of phenolic OH excluding ortho intramolecular Hbond substituents is 1. The maximum atomic E-state index is 10.2. The van der Waals surface area contributed by atoms with E-state index in [-0.39, 0.29) is 29.7 Å². The van der Waals surface area contributed by atoms with Crippen molar-refractivity contribution >= 4 is 29.9 Å². The highest BCUT2D eigenvalue weighted by Gasteiger charge is 2.41. The zero-order valence-corrected chi connectivity index (χ0v) is 17.6. The number of methoxy groups -OCH3 is 1. The van der Waals surface area contributed by atoms with E-state index in [0.717, 1.165) is 31.2 Å². The minimum Gasteiger partial charge on any atom is -0.504 e. The molecule has 0 atom stereocenters. The Labute approximate surface area is 167 Å². The second-order valence-electron chi connectivity index (χ2n) is 7.02.